The SMILES string of the molecule is CNC(C)c1snnc1C(C)C. The molecule has 0 bridgehead atoms. The van der Waals surface area contributed by atoms with E-state index in [1.807, 2.05) is 7.05 Å². The predicted octanol–water partition coefficient (Wildman–Crippen LogP) is 1.94. The summed E-state index contributed by atoms with van der Waals surface area (Å²) in [5.41, 5.74) is 1.13. The van der Waals surface area contributed by atoms with E-state index in [9.17, 15) is 0 Å². The summed E-state index contributed by atoms with van der Waals surface area (Å²) in [7, 11) is 1.95. The van der Waals surface area contributed by atoms with Crippen LogP contribution in [0, 0.1) is 0 Å². The smallest absolute Gasteiger partial charge is 0.0828 e. The Morgan fingerprint density at radius 3 is 2.50 bits per heavy atom. The van der Waals surface area contributed by atoms with Gasteiger partial charge in [0.05, 0.1) is 10.6 Å². The third kappa shape index (κ3) is 1.81. The molecule has 0 spiro atoms. The minimum atomic E-state index is 0.363. The summed E-state index contributed by atoms with van der Waals surface area (Å²) in [6.45, 7) is 6.41. The topological polar surface area (TPSA) is 37.8 Å². The Bertz CT molecular complexity index is 244. The molecule has 1 atom stereocenters. The van der Waals surface area contributed by atoms with Crippen molar-refractivity contribution in [2.75, 3.05) is 7.05 Å². The highest BCUT2D eigenvalue weighted by Crippen LogP contribution is 2.25. The van der Waals surface area contributed by atoms with Crippen molar-refractivity contribution < 1.29 is 0 Å². The molecule has 0 radical (unpaired) electrons. The van der Waals surface area contributed by atoms with Gasteiger partial charge in [0.1, 0.15) is 0 Å². The first-order valence-corrected chi connectivity index (χ1v) is 4.93. The zero-order valence-electron chi connectivity index (χ0n) is 7.96. The van der Waals surface area contributed by atoms with Crippen LogP contribution in [0.4, 0.5) is 0 Å². The zero-order valence-corrected chi connectivity index (χ0v) is 8.77. The molecule has 1 rings (SSSR count). The maximum absolute atomic E-state index is 4.11. The first-order valence-electron chi connectivity index (χ1n) is 4.16. The molecule has 68 valence electrons. The van der Waals surface area contributed by atoms with E-state index < -0.39 is 0 Å². The fraction of sp³-hybridized carbons (Fsp3) is 0.750. The average molecular weight is 185 g/mol. The summed E-state index contributed by atoms with van der Waals surface area (Å²) in [6.07, 6.45) is 0. The van der Waals surface area contributed by atoms with Crippen molar-refractivity contribution in [2.45, 2.75) is 32.7 Å². The van der Waals surface area contributed by atoms with Gasteiger partial charge in [0, 0.05) is 6.04 Å². The van der Waals surface area contributed by atoms with Gasteiger partial charge in [-0.25, -0.2) is 0 Å². The van der Waals surface area contributed by atoms with Crippen LogP contribution in [0.5, 0.6) is 0 Å². The second kappa shape index (κ2) is 3.96. The van der Waals surface area contributed by atoms with Crippen molar-refractivity contribution >= 4 is 11.5 Å². The Hall–Kier alpha value is -0.480. The zero-order chi connectivity index (χ0) is 9.14. The standard InChI is InChI=1S/C8H15N3S/c1-5(2)7-8(6(3)9-4)12-11-10-7/h5-6,9H,1-4H3. The van der Waals surface area contributed by atoms with Gasteiger partial charge >= 0.3 is 0 Å². The van der Waals surface area contributed by atoms with E-state index >= 15 is 0 Å². The molecular weight excluding hydrogens is 170 g/mol. The van der Waals surface area contributed by atoms with Gasteiger partial charge in [0.2, 0.25) is 0 Å². The van der Waals surface area contributed by atoms with Gasteiger partial charge in [-0.2, -0.15) is 0 Å². The van der Waals surface area contributed by atoms with Gasteiger partial charge < -0.3 is 5.32 Å². The minimum absolute atomic E-state index is 0.363. The number of hydrogen-bond donors (Lipinski definition) is 1. The van der Waals surface area contributed by atoms with Gasteiger partial charge in [0.25, 0.3) is 0 Å². The van der Waals surface area contributed by atoms with Gasteiger partial charge in [-0.15, -0.1) is 5.10 Å². The van der Waals surface area contributed by atoms with Crippen LogP contribution in [0.2, 0.25) is 0 Å². The highest BCUT2D eigenvalue weighted by atomic mass is 32.1. The highest BCUT2D eigenvalue weighted by molar-refractivity contribution is 7.05. The van der Waals surface area contributed by atoms with Crippen LogP contribution in [-0.4, -0.2) is 16.6 Å². The maximum atomic E-state index is 4.11. The van der Waals surface area contributed by atoms with Crippen LogP contribution < -0.4 is 5.32 Å². The largest absolute Gasteiger partial charge is 0.312 e. The third-order valence-electron chi connectivity index (χ3n) is 1.91. The van der Waals surface area contributed by atoms with E-state index in [1.165, 1.54) is 16.4 Å². The van der Waals surface area contributed by atoms with Crippen molar-refractivity contribution in [3.05, 3.63) is 10.6 Å². The number of nitrogens with zero attached hydrogens (tertiary/aromatic N) is 2. The van der Waals surface area contributed by atoms with E-state index in [2.05, 4.69) is 35.7 Å². The summed E-state index contributed by atoms with van der Waals surface area (Å²) in [6, 6.07) is 0.363. The van der Waals surface area contributed by atoms with Gasteiger partial charge in [-0.1, -0.05) is 18.3 Å². The number of hydrogen-bond acceptors (Lipinski definition) is 4. The number of aromatic nitrogens is 2. The molecule has 1 unspecified atom stereocenters. The van der Waals surface area contributed by atoms with Crippen LogP contribution in [0.3, 0.4) is 0 Å². The Kier molecular flexibility index (Phi) is 3.17. The average Bonchev–Trinajstić information content (AvgIpc) is 2.50. The van der Waals surface area contributed by atoms with Crippen LogP contribution >= 0.6 is 11.5 Å². The van der Waals surface area contributed by atoms with Crippen LogP contribution in [0.1, 0.15) is 43.3 Å². The molecule has 1 heterocycles. The Morgan fingerprint density at radius 1 is 1.33 bits per heavy atom. The molecule has 0 aliphatic heterocycles. The van der Waals surface area contributed by atoms with E-state index in [-0.39, 0.29) is 0 Å². The van der Waals surface area contributed by atoms with Crippen LogP contribution in [-0.2, 0) is 0 Å². The summed E-state index contributed by atoms with van der Waals surface area (Å²) in [5, 5.41) is 7.31. The Balaban J connectivity index is 2.91. The molecule has 0 saturated carbocycles. The molecule has 1 N–H and O–H groups in total. The fourth-order valence-corrected chi connectivity index (χ4v) is 1.90. The maximum Gasteiger partial charge on any atom is 0.0828 e. The summed E-state index contributed by atoms with van der Waals surface area (Å²) in [5.74, 6) is 0.467. The number of nitrogens with one attached hydrogen (secondary N) is 1. The molecule has 4 heteroatoms. The third-order valence-corrected chi connectivity index (χ3v) is 2.84. The molecule has 0 aromatic carbocycles. The lowest BCUT2D eigenvalue weighted by atomic mass is 10.1. The van der Waals surface area contributed by atoms with E-state index in [1.54, 1.807) is 0 Å². The summed E-state index contributed by atoms with van der Waals surface area (Å²) in [4.78, 5) is 1.26. The fourth-order valence-electron chi connectivity index (χ4n) is 1.04. The molecule has 0 aliphatic rings. The first-order chi connectivity index (χ1) is 5.66. The lowest BCUT2D eigenvalue weighted by Crippen LogP contribution is -2.13. The molecule has 3 nitrogen and oxygen atoms in total. The predicted molar refractivity (Wildman–Crippen MR) is 51.5 cm³/mol. The molecule has 1 aromatic rings. The Morgan fingerprint density at radius 2 is 2.00 bits per heavy atom. The molecule has 0 saturated heterocycles. The molecule has 0 amide bonds. The number of rotatable bonds is 3. The molecule has 0 fully saturated rings. The lowest BCUT2D eigenvalue weighted by Gasteiger charge is -2.10. The Labute approximate surface area is 77.4 Å². The van der Waals surface area contributed by atoms with Crippen molar-refractivity contribution in [3.63, 3.8) is 0 Å². The van der Waals surface area contributed by atoms with Crippen molar-refractivity contribution in [1.82, 2.24) is 14.9 Å². The second-order valence-electron chi connectivity index (χ2n) is 3.19. The van der Waals surface area contributed by atoms with Crippen molar-refractivity contribution in [2.24, 2.45) is 0 Å². The van der Waals surface area contributed by atoms with E-state index in [4.69, 9.17) is 0 Å². The monoisotopic (exact) mass is 185 g/mol. The van der Waals surface area contributed by atoms with E-state index in [0.29, 0.717) is 12.0 Å². The van der Waals surface area contributed by atoms with Crippen LogP contribution in [0.15, 0.2) is 0 Å². The molecular formula is C8H15N3S. The quantitative estimate of drug-likeness (QED) is 0.782. The van der Waals surface area contributed by atoms with Crippen LogP contribution in [0.25, 0.3) is 0 Å². The first kappa shape index (κ1) is 9.61. The highest BCUT2D eigenvalue weighted by Gasteiger charge is 2.15. The van der Waals surface area contributed by atoms with Gasteiger partial charge in [0.15, 0.2) is 0 Å². The molecule has 12 heavy (non-hydrogen) atoms. The second-order valence-corrected chi connectivity index (χ2v) is 3.97. The van der Waals surface area contributed by atoms with Gasteiger partial charge in [-0.3, -0.25) is 0 Å². The summed E-state index contributed by atoms with van der Waals surface area (Å²) < 4.78 is 3.96. The molecule has 1 aromatic heterocycles. The lowest BCUT2D eigenvalue weighted by molar-refractivity contribution is 0.644. The summed E-state index contributed by atoms with van der Waals surface area (Å²) >= 11 is 1.49. The van der Waals surface area contributed by atoms with Crippen molar-refractivity contribution in [3.8, 4) is 0 Å². The van der Waals surface area contributed by atoms with Gasteiger partial charge in [-0.05, 0) is 31.4 Å². The minimum Gasteiger partial charge on any atom is -0.312 e. The molecule has 0 aliphatic carbocycles. The normalized spacial score (nSPS) is 13.8. The van der Waals surface area contributed by atoms with Crippen molar-refractivity contribution in [1.29, 1.82) is 0 Å². The van der Waals surface area contributed by atoms with E-state index in [0.717, 1.165) is 5.69 Å².